The van der Waals surface area contributed by atoms with E-state index in [1.165, 1.54) is 19.1 Å². The van der Waals surface area contributed by atoms with Gasteiger partial charge in [-0.05, 0) is 76.8 Å². The second kappa shape index (κ2) is 11.4. The van der Waals surface area contributed by atoms with Crippen molar-refractivity contribution in [2.24, 2.45) is 11.8 Å². The smallest absolute Gasteiger partial charge is 0.303 e. The number of halogens is 2. The molecule has 182 valence electrons. The molecule has 0 saturated heterocycles. The van der Waals surface area contributed by atoms with Crippen LogP contribution in [0.5, 0.6) is 5.75 Å². The van der Waals surface area contributed by atoms with E-state index in [1.54, 1.807) is 26.0 Å². The molecule has 1 aliphatic rings. The quantitative estimate of drug-likeness (QED) is 0.352. The van der Waals surface area contributed by atoms with E-state index in [9.17, 15) is 19.4 Å². The standard InChI is InChI=1S/C25H38F2O5/c1-24(2,32-22-12-9-8-11-19(22)26)25(3,27)15-14-18-17(20(28)16-21(18)29)10-6-4-5-7-13-23(30)31/h8-9,11-12,17-18,20-21,28-29H,4-7,10,13-16H2,1-3H3,(H,30,31). The van der Waals surface area contributed by atoms with Crippen LogP contribution in [0.1, 0.15) is 78.6 Å². The SMILES string of the molecule is CC(F)(CCC1C(O)CC(O)C1CCCCCCC(=O)O)C(C)(C)Oc1ccccc1F. The van der Waals surface area contributed by atoms with Crippen LogP contribution in [-0.2, 0) is 4.79 Å². The molecule has 2 rings (SSSR count). The summed E-state index contributed by atoms with van der Waals surface area (Å²) < 4.78 is 35.4. The van der Waals surface area contributed by atoms with Gasteiger partial charge in [0.15, 0.2) is 11.6 Å². The van der Waals surface area contributed by atoms with E-state index in [1.807, 2.05) is 0 Å². The van der Waals surface area contributed by atoms with Gasteiger partial charge in [-0.15, -0.1) is 0 Å². The maximum absolute atomic E-state index is 15.7. The Kier molecular flexibility index (Phi) is 9.46. The Morgan fingerprint density at radius 3 is 2.25 bits per heavy atom. The van der Waals surface area contributed by atoms with Crippen LogP contribution in [-0.4, -0.2) is 44.8 Å². The predicted octanol–water partition coefficient (Wildman–Crippen LogP) is 5.27. The average Bonchev–Trinajstić information content (AvgIpc) is 2.96. The van der Waals surface area contributed by atoms with Crippen LogP contribution in [0.4, 0.5) is 8.78 Å². The largest absolute Gasteiger partial charge is 0.481 e. The summed E-state index contributed by atoms with van der Waals surface area (Å²) in [5, 5.41) is 29.6. The molecule has 5 unspecified atom stereocenters. The van der Waals surface area contributed by atoms with E-state index in [0.717, 1.165) is 19.3 Å². The second-order valence-electron chi connectivity index (χ2n) is 9.82. The molecule has 1 aromatic carbocycles. The summed E-state index contributed by atoms with van der Waals surface area (Å²) in [7, 11) is 0. The lowest BCUT2D eigenvalue weighted by molar-refractivity contribution is -0.137. The Labute approximate surface area is 189 Å². The lowest BCUT2D eigenvalue weighted by Gasteiger charge is -2.39. The summed E-state index contributed by atoms with van der Waals surface area (Å²) >= 11 is 0. The number of unbranched alkanes of at least 4 members (excludes halogenated alkanes) is 3. The highest BCUT2D eigenvalue weighted by Gasteiger charge is 2.47. The van der Waals surface area contributed by atoms with Crippen LogP contribution >= 0.6 is 0 Å². The van der Waals surface area contributed by atoms with Crippen LogP contribution in [0.15, 0.2) is 24.3 Å². The number of aliphatic hydroxyl groups is 2. The molecule has 1 aromatic rings. The topological polar surface area (TPSA) is 87.0 Å². The van der Waals surface area contributed by atoms with Gasteiger partial charge in [0.2, 0.25) is 0 Å². The van der Waals surface area contributed by atoms with Crippen LogP contribution in [0.25, 0.3) is 0 Å². The van der Waals surface area contributed by atoms with Crippen LogP contribution < -0.4 is 4.74 Å². The van der Waals surface area contributed by atoms with Gasteiger partial charge in [-0.3, -0.25) is 4.79 Å². The van der Waals surface area contributed by atoms with Crippen molar-refractivity contribution < 1.29 is 33.6 Å². The molecule has 5 nitrogen and oxygen atoms in total. The maximum Gasteiger partial charge on any atom is 0.303 e. The van der Waals surface area contributed by atoms with Crippen LogP contribution in [0.3, 0.4) is 0 Å². The first-order valence-electron chi connectivity index (χ1n) is 11.6. The molecule has 0 heterocycles. The van der Waals surface area contributed by atoms with E-state index >= 15 is 4.39 Å². The zero-order chi connectivity index (χ0) is 23.9. The predicted molar refractivity (Wildman–Crippen MR) is 119 cm³/mol. The Hall–Kier alpha value is -1.73. The fraction of sp³-hybridized carbons (Fsp3) is 0.720. The van der Waals surface area contributed by atoms with Crippen molar-refractivity contribution in [3.63, 3.8) is 0 Å². The maximum atomic E-state index is 15.7. The molecule has 1 aliphatic carbocycles. The molecular formula is C25H38F2O5. The van der Waals surface area contributed by atoms with Gasteiger partial charge in [0.1, 0.15) is 11.3 Å². The highest BCUT2D eigenvalue weighted by Crippen LogP contribution is 2.43. The van der Waals surface area contributed by atoms with E-state index < -0.39 is 35.3 Å². The first-order valence-corrected chi connectivity index (χ1v) is 11.6. The number of carbonyl (C=O) groups is 1. The third-order valence-corrected chi connectivity index (χ3v) is 7.10. The fourth-order valence-electron chi connectivity index (χ4n) is 4.64. The van der Waals surface area contributed by atoms with Gasteiger partial charge in [0, 0.05) is 6.42 Å². The van der Waals surface area contributed by atoms with E-state index in [4.69, 9.17) is 9.84 Å². The summed E-state index contributed by atoms with van der Waals surface area (Å²) in [5.74, 6) is -1.68. The second-order valence-corrected chi connectivity index (χ2v) is 9.82. The molecule has 7 heteroatoms. The van der Waals surface area contributed by atoms with Gasteiger partial charge in [0.25, 0.3) is 0 Å². The molecule has 5 atom stereocenters. The van der Waals surface area contributed by atoms with Crippen molar-refractivity contribution in [2.75, 3.05) is 0 Å². The number of hydrogen-bond donors (Lipinski definition) is 3. The number of aliphatic hydroxyl groups excluding tert-OH is 2. The molecule has 3 N–H and O–H groups in total. The third-order valence-electron chi connectivity index (χ3n) is 7.10. The lowest BCUT2D eigenvalue weighted by atomic mass is 9.79. The van der Waals surface area contributed by atoms with Gasteiger partial charge in [0.05, 0.1) is 12.2 Å². The Morgan fingerprint density at radius 2 is 1.62 bits per heavy atom. The van der Waals surface area contributed by atoms with Gasteiger partial charge in [-0.1, -0.05) is 31.4 Å². The minimum absolute atomic E-state index is 0.00141. The number of alkyl halides is 1. The number of carboxylic acids is 1. The fourth-order valence-corrected chi connectivity index (χ4v) is 4.64. The van der Waals surface area contributed by atoms with Crippen molar-refractivity contribution in [1.82, 2.24) is 0 Å². The van der Waals surface area contributed by atoms with Crippen LogP contribution in [0, 0.1) is 17.7 Å². The van der Waals surface area contributed by atoms with Crippen molar-refractivity contribution in [3.8, 4) is 5.75 Å². The number of ether oxygens (including phenoxy) is 1. The highest BCUT2D eigenvalue weighted by molar-refractivity contribution is 5.66. The molecule has 32 heavy (non-hydrogen) atoms. The zero-order valence-electron chi connectivity index (χ0n) is 19.4. The third kappa shape index (κ3) is 7.14. The van der Waals surface area contributed by atoms with Gasteiger partial charge < -0.3 is 20.1 Å². The van der Waals surface area contributed by atoms with Crippen LogP contribution in [0.2, 0.25) is 0 Å². The number of benzene rings is 1. The minimum Gasteiger partial charge on any atom is -0.481 e. The number of carboxylic acid groups (broad SMARTS) is 1. The first kappa shape index (κ1) is 26.5. The molecule has 0 aliphatic heterocycles. The van der Waals surface area contributed by atoms with E-state index in [0.29, 0.717) is 19.3 Å². The molecule has 0 spiro atoms. The number of hydrogen-bond acceptors (Lipinski definition) is 4. The highest BCUT2D eigenvalue weighted by atomic mass is 19.1. The normalized spacial score (nSPS) is 25.5. The molecule has 1 fully saturated rings. The molecule has 0 radical (unpaired) electrons. The molecule has 1 saturated carbocycles. The zero-order valence-corrected chi connectivity index (χ0v) is 19.4. The summed E-state index contributed by atoms with van der Waals surface area (Å²) in [6.45, 7) is 4.62. The lowest BCUT2D eigenvalue weighted by Crippen LogP contribution is -2.49. The average molecular weight is 457 g/mol. The van der Waals surface area contributed by atoms with Crippen molar-refractivity contribution in [2.45, 2.75) is 102 Å². The number of aliphatic carboxylic acids is 1. The van der Waals surface area contributed by atoms with Crippen molar-refractivity contribution >= 4 is 5.97 Å². The van der Waals surface area contributed by atoms with Gasteiger partial charge >= 0.3 is 5.97 Å². The Morgan fingerprint density at radius 1 is 1.03 bits per heavy atom. The first-order chi connectivity index (χ1) is 14.9. The van der Waals surface area contributed by atoms with Gasteiger partial charge in [-0.2, -0.15) is 0 Å². The summed E-state index contributed by atoms with van der Waals surface area (Å²) in [6, 6.07) is 5.91. The summed E-state index contributed by atoms with van der Waals surface area (Å²) in [6.07, 6.45) is 3.49. The Bertz CT molecular complexity index is 737. The molecule has 0 bridgehead atoms. The minimum atomic E-state index is -1.79. The summed E-state index contributed by atoms with van der Waals surface area (Å²) in [5.41, 5.74) is -3.08. The Balaban J connectivity index is 1.91. The molecule has 0 aromatic heterocycles. The summed E-state index contributed by atoms with van der Waals surface area (Å²) in [4.78, 5) is 10.6. The molecule has 0 amide bonds. The van der Waals surface area contributed by atoms with E-state index in [2.05, 4.69) is 0 Å². The van der Waals surface area contributed by atoms with Crippen molar-refractivity contribution in [3.05, 3.63) is 30.1 Å². The van der Waals surface area contributed by atoms with Crippen molar-refractivity contribution in [1.29, 1.82) is 0 Å². The monoisotopic (exact) mass is 456 g/mol. The number of para-hydroxylation sites is 1. The van der Waals surface area contributed by atoms with E-state index in [-0.39, 0.29) is 36.8 Å². The molecular weight excluding hydrogens is 418 g/mol. The van der Waals surface area contributed by atoms with Gasteiger partial charge in [-0.25, -0.2) is 8.78 Å². The number of rotatable bonds is 13.